The molecule has 0 amide bonds. The maximum absolute atomic E-state index is 12.6. The van der Waals surface area contributed by atoms with Crippen LogP contribution in [0, 0.1) is 5.92 Å². The van der Waals surface area contributed by atoms with Crippen molar-refractivity contribution in [3.63, 3.8) is 0 Å². The van der Waals surface area contributed by atoms with Crippen LogP contribution in [0.1, 0.15) is 41.5 Å². The molecule has 0 saturated heterocycles. The number of carbonyl (C=O) groups is 2. The third-order valence-corrected chi connectivity index (χ3v) is 5.24. The van der Waals surface area contributed by atoms with Crippen LogP contribution < -0.4 is 0 Å². The van der Waals surface area contributed by atoms with Gasteiger partial charge in [-0.25, -0.2) is 0 Å². The van der Waals surface area contributed by atoms with E-state index in [9.17, 15) is 9.59 Å². The molecule has 0 aliphatic rings. The molecule has 4 heteroatoms. The van der Waals surface area contributed by atoms with Crippen LogP contribution in [0.15, 0.2) is 35.2 Å². The summed E-state index contributed by atoms with van der Waals surface area (Å²) >= 11 is 1.24. The summed E-state index contributed by atoms with van der Waals surface area (Å²) < 4.78 is 4.39. The summed E-state index contributed by atoms with van der Waals surface area (Å²) in [6, 6.07) is 9.42. The van der Waals surface area contributed by atoms with Gasteiger partial charge in [-0.2, -0.15) is 0 Å². The standard InChI is InChI=1S/C17H24O3S/c1-12(2)16(4,5)20-15(19)17(6,13(3)18)21-14-10-8-7-9-11-14/h7-12H,1-6H3. The minimum absolute atomic E-state index is 0.166. The summed E-state index contributed by atoms with van der Waals surface area (Å²) in [5.74, 6) is -0.525. The highest BCUT2D eigenvalue weighted by molar-refractivity contribution is 8.02. The summed E-state index contributed by atoms with van der Waals surface area (Å²) in [6.45, 7) is 10.8. The third kappa shape index (κ3) is 4.34. The van der Waals surface area contributed by atoms with Crippen LogP contribution in [-0.4, -0.2) is 22.1 Å². The number of esters is 1. The zero-order valence-corrected chi connectivity index (χ0v) is 14.4. The number of hydrogen-bond acceptors (Lipinski definition) is 4. The van der Waals surface area contributed by atoms with E-state index in [1.54, 1.807) is 6.92 Å². The normalized spacial score (nSPS) is 14.6. The van der Waals surface area contributed by atoms with Crippen LogP contribution in [0.4, 0.5) is 0 Å². The molecule has 1 rings (SSSR count). The molecule has 3 nitrogen and oxygen atoms in total. The van der Waals surface area contributed by atoms with E-state index >= 15 is 0 Å². The molecule has 0 heterocycles. The van der Waals surface area contributed by atoms with E-state index in [4.69, 9.17) is 4.74 Å². The van der Waals surface area contributed by atoms with Gasteiger partial charge in [-0.1, -0.05) is 43.8 Å². The van der Waals surface area contributed by atoms with Gasteiger partial charge in [-0.15, -0.1) is 0 Å². The van der Waals surface area contributed by atoms with Gasteiger partial charge in [0.15, 0.2) is 10.5 Å². The molecule has 0 saturated carbocycles. The van der Waals surface area contributed by atoms with Crippen molar-refractivity contribution >= 4 is 23.5 Å². The highest BCUT2D eigenvalue weighted by atomic mass is 32.2. The number of Topliss-reactive ketones (excluding diaryl/α,β-unsaturated/α-hetero) is 1. The first-order chi connectivity index (χ1) is 9.59. The molecule has 0 aliphatic heterocycles. The molecule has 116 valence electrons. The van der Waals surface area contributed by atoms with Gasteiger partial charge in [0.2, 0.25) is 0 Å². The third-order valence-electron chi connectivity index (χ3n) is 3.87. The summed E-state index contributed by atoms with van der Waals surface area (Å²) in [4.78, 5) is 25.5. The molecule has 0 fully saturated rings. The lowest BCUT2D eigenvalue weighted by Gasteiger charge is -2.33. The quantitative estimate of drug-likeness (QED) is 0.451. The van der Waals surface area contributed by atoms with Crippen molar-refractivity contribution in [1.82, 2.24) is 0 Å². The second-order valence-electron chi connectivity index (χ2n) is 6.15. The Balaban J connectivity index is 3.00. The monoisotopic (exact) mass is 308 g/mol. The van der Waals surface area contributed by atoms with Crippen LogP contribution in [0.25, 0.3) is 0 Å². The molecule has 1 aromatic rings. The van der Waals surface area contributed by atoms with Gasteiger partial charge in [0, 0.05) is 4.90 Å². The molecule has 1 unspecified atom stereocenters. The summed E-state index contributed by atoms with van der Waals surface area (Å²) in [5.41, 5.74) is -0.606. The second kappa shape index (κ2) is 6.65. The maximum Gasteiger partial charge on any atom is 0.330 e. The highest BCUT2D eigenvalue weighted by Gasteiger charge is 2.44. The number of ketones is 1. The molecular formula is C17H24O3S. The number of ether oxygens (including phenoxy) is 1. The Labute approximate surface area is 131 Å². The van der Waals surface area contributed by atoms with E-state index in [-0.39, 0.29) is 11.7 Å². The molecule has 0 aliphatic carbocycles. The number of rotatable bonds is 6. The smallest absolute Gasteiger partial charge is 0.330 e. The molecular weight excluding hydrogens is 284 g/mol. The lowest BCUT2D eigenvalue weighted by Crippen LogP contribution is -2.46. The number of carbonyl (C=O) groups excluding carboxylic acids is 2. The Kier molecular flexibility index (Phi) is 5.62. The first-order valence-electron chi connectivity index (χ1n) is 7.08. The minimum atomic E-state index is -1.23. The van der Waals surface area contributed by atoms with Crippen molar-refractivity contribution in [1.29, 1.82) is 0 Å². The van der Waals surface area contributed by atoms with Gasteiger partial charge >= 0.3 is 5.97 Å². The Hall–Kier alpha value is -1.29. The van der Waals surface area contributed by atoms with E-state index in [1.807, 2.05) is 58.0 Å². The zero-order chi connectivity index (χ0) is 16.3. The Morgan fingerprint density at radius 1 is 1.10 bits per heavy atom. The molecule has 0 bridgehead atoms. The molecule has 1 atom stereocenters. The highest BCUT2D eigenvalue weighted by Crippen LogP contribution is 2.36. The largest absolute Gasteiger partial charge is 0.458 e. The fourth-order valence-corrected chi connectivity index (χ4v) is 2.47. The average Bonchev–Trinajstić information content (AvgIpc) is 2.38. The van der Waals surface area contributed by atoms with Gasteiger partial charge in [-0.3, -0.25) is 9.59 Å². The van der Waals surface area contributed by atoms with Crippen LogP contribution in [0.5, 0.6) is 0 Å². The van der Waals surface area contributed by atoms with Crippen LogP contribution >= 0.6 is 11.8 Å². The molecule has 0 N–H and O–H groups in total. The van der Waals surface area contributed by atoms with Gasteiger partial charge in [0.25, 0.3) is 0 Å². The average molecular weight is 308 g/mol. The Bertz CT molecular complexity index is 508. The van der Waals surface area contributed by atoms with Crippen LogP contribution in [0.2, 0.25) is 0 Å². The van der Waals surface area contributed by atoms with Gasteiger partial charge in [0.05, 0.1) is 0 Å². The summed E-state index contributed by atoms with van der Waals surface area (Å²) in [5, 5.41) is 0. The second-order valence-corrected chi connectivity index (χ2v) is 7.64. The minimum Gasteiger partial charge on any atom is -0.458 e. The van der Waals surface area contributed by atoms with Gasteiger partial charge in [0.1, 0.15) is 5.60 Å². The number of hydrogen-bond donors (Lipinski definition) is 0. The first-order valence-corrected chi connectivity index (χ1v) is 7.90. The van der Waals surface area contributed by atoms with Crippen molar-refractivity contribution in [3.05, 3.63) is 30.3 Å². The Morgan fingerprint density at radius 2 is 1.62 bits per heavy atom. The zero-order valence-electron chi connectivity index (χ0n) is 13.6. The molecule has 0 spiro atoms. The summed E-state index contributed by atoms with van der Waals surface area (Å²) in [7, 11) is 0. The SMILES string of the molecule is CC(=O)C(C)(Sc1ccccc1)C(=O)OC(C)(C)C(C)C. The van der Waals surface area contributed by atoms with Crippen molar-refractivity contribution in [2.24, 2.45) is 5.92 Å². The van der Waals surface area contributed by atoms with E-state index < -0.39 is 16.3 Å². The van der Waals surface area contributed by atoms with Crippen molar-refractivity contribution in [2.45, 2.75) is 56.8 Å². The Morgan fingerprint density at radius 3 is 2.05 bits per heavy atom. The van der Waals surface area contributed by atoms with Gasteiger partial charge < -0.3 is 4.74 Å². The predicted octanol–water partition coefficient (Wildman–Crippen LogP) is 4.10. The lowest BCUT2D eigenvalue weighted by atomic mass is 9.94. The van der Waals surface area contributed by atoms with E-state index in [0.717, 1.165) is 4.90 Å². The van der Waals surface area contributed by atoms with Crippen LogP contribution in [0.3, 0.4) is 0 Å². The number of benzene rings is 1. The lowest BCUT2D eigenvalue weighted by molar-refractivity contribution is -0.164. The molecule has 0 aromatic heterocycles. The maximum atomic E-state index is 12.6. The van der Waals surface area contributed by atoms with E-state index in [0.29, 0.717) is 0 Å². The molecule has 0 radical (unpaired) electrons. The van der Waals surface area contributed by atoms with E-state index in [2.05, 4.69) is 0 Å². The van der Waals surface area contributed by atoms with Crippen molar-refractivity contribution < 1.29 is 14.3 Å². The molecule has 21 heavy (non-hydrogen) atoms. The predicted molar refractivity (Wildman–Crippen MR) is 86.4 cm³/mol. The number of thioether (sulfide) groups is 1. The first kappa shape index (κ1) is 17.8. The molecule has 1 aromatic carbocycles. The van der Waals surface area contributed by atoms with E-state index in [1.165, 1.54) is 18.7 Å². The fraction of sp³-hybridized carbons (Fsp3) is 0.529. The van der Waals surface area contributed by atoms with Crippen molar-refractivity contribution in [3.8, 4) is 0 Å². The van der Waals surface area contributed by atoms with Crippen LogP contribution in [-0.2, 0) is 14.3 Å². The topological polar surface area (TPSA) is 43.4 Å². The van der Waals surface area contributed by atoms with Gasteiger partial charge in [-0.05, 0) is 45.7 Å². The van der Waals surface area contributed by atoms with Crippen molar-refractivity contribution in [2.75, 3.05) is 0 Å². The summed E-state index contributed by atoms with van der Waals surface area (Å²) in [6.07, 6.45) is 0. The fourth-order valence-electron chi connectivity index (χ4n) is 1.44.